The zero-order chi connectivity index (χ0) is 18.4. The number of ether oxygens (including phenoxy) is 1. The molecule has 3 aromatic rings. The number of aromatic nitrogens is 2. The highest BCUT2D eigenvalue weighted by atomic mass is 79.9. The summed E-state index contributed by atoms with van der Waals surface area (Å²) in [5.41, 5.74) is 3.74. The maximum atomic E-state index is 13.2. The van der Waals surface area contributed by atoms with Crippen LogP contribution in [0.25, 0.3) is 10.2 Å². The number of hydrogen-bond donors (Lipinski definition) is 0. The number of nitrogens with zero attached hydrogens (tertiary/aromatic N) is 2. The first-order valence-corrected chi connectivity index (χ1v) is 10.00. The molecule has 2 aromatic heterocycles. The van der Waals surface area contributed by atoms with Crippen molar-refractivity contribution >= 4 is 55.0 Å². The van der Waals surface area contributed by atoms with Crippen LogP contribution in [-0.4, -0.2) is 39.0 Å². The first-order valence-electron chi connectivity index (χ1n) is 8.00. The fourth-order valence-corrected chi connectivity index (χ4v) is 4.26. The number of rotatable bonds is 4. The number of thiazole rings is 1. The molecule has 4 rings (SSSR count). The Morgan fingerprint density at radius 3 is 2.69 bits per heavy atom. The monoisotopic (exact) mass is 432 g/mol. The predicted octanol–water partition coefficient (Wildman–Crippen LogP) is 3.44. The molecule has 0 atom stereocenters. The molecular formula is C18H13BrN2O4S. The Morgan fingerprint density at radius 2 is 1.96 bits per heavy atom. The van der Waals surface area contributed by atoms with Crippen molar-refractivity contribution in [2.45, 2.75) is 13.5 Å². The van der Waals surface area contributed by atoms with E-state index in [1.54, 1.807) is 29.1 Å². The molecule has 0 bridgehead atoms. The van der Waals surface area contributed by atoms with Crippen LogP contribution in [0.1, 0.15) is 49.4 Å². The molecule has 0 spiro atoms. The molecule has 2 heterocycles. The molecule has 132 valence electrons. The van der Waals surface area contributed by atoms with Crippen molar-refractivity contribution in [1.82, 2.24) is 9.55 Å². The van der Waals surface area contributed by atoms with E-state index in [9.17, 15) is 14.4 Å². The van der Waals surface area contributed by atoms with Gasteiger partial charge in [-0.25, -0.2) is 9.78 Å². The SMILES string of the molecule is CCOC(=O)c1cc2c(n1CCBr)C(=O)c1cc3scnc3cc1C2=O. The number of alkyl halides is 1. The smallest absolute Gasteiger partial charge is 0.354 e. The lowest BCUT2D eigenvalue weighted by Gasteiger charge is -2.17. The van der Waals surface area contributed by atoms with Crippen LogP contribution in [0.5, 0.6) is 0 Å². The van der Waals surface area contributed by atoms with E-state index in [0.717, 1.165) is 4.70 Å². The van der Waals surface area contributed by atoms with Gasteiger partial charge in [0, 0.05) is 23.0 Å². The lowest BCUT2D eigenvalue weighted by atomic mass is 9.88. The van der Waals surface area contributed by atoms with E-state index in [1.165, 1.54) is 17.4 Å². The predicted molar refractivity (Wildman–Crippen MR) is 101 cm³/mol. The fourth-order valence-electron chi connectivity index (χ4n) is 3.21. The molecule has 1 aliphatic carbocycles. The Bertz CT molecular complexity index is 1080. The van der Waals surface area contributed by atoms with Crippen LogP contribution in [0.4, 0.5) is 0 Å². The molecule has 0 amide bonds. The van der Waals surface area contributed by atoms with Crippen LogP contribution in [0.2, 0.25) is 0 Å². The first-order chi connectivity index (χ1) is 12.6. The summed E-state index contributed by atoms with van der Waals surface area (Å²) in [6, 6.07) is 4.82. The standard InChI is InChI=1S/C18H13BrN2O4S/c1-2-25-18(24)13-6-11-15(21(13)4-3-19)17(23)10-7-14-12(20-8-26-14)5-9(10)16(11)22/h5-8H,2-4H2,1H3. The van der Waals surface area contributed by atoms with Gasteiger partial charge in [0.25, 0.3) is 0 Å². The molecule has 0 saturated carbocycles. The van der Waals surface area contributed by atoms with Crippen molar-refractivity contribution in [3.63, 3.8) is 0 Å². The largest absolute Gasteiger partial charge is 0.461 e. The number of halogens is 1. The normalized spacial score (nSPS) is 13.0. The second-order valence-corrected chi connectivity index (χ2v) is 7.41. The average Bonchev–Trinajstić information content (AvgIpc) is 3.23. The minimum Gasteiger partial charge on any atom is -0.461 e. The van der Waals surface area contributed by atoms with Crippen LogP contribution in [0.15, 0.2) is 23.7 Å². The topological polar surface area (TPSA) is 78.3 Å². The molecule has 1 aromatic carbocycles. The highest BCUT2D eigenvalue weighted by Crippen LogP contribution is 2.33. The third kappa shape index (κ3) is 2.44. The summed E-state index contributed by atoms with van der Waals surface area (Å²) in [6.45, 7) is 2.30. The minimum atomic E-state index is -0.546. The van der Waals surface area contributed by atoms with E-state index in [4.69, 9.17) is 4.74 Å². The number of ketones is 2. The van der Waals surface area contributed by atoms with E-state index in [-0.39, 0.29) is 35.1 Å². The molecule has 0 aliphatic heterocycles. The van der Waals surface area contributed by atoms with Gasteiger partial charge < -0.3 is 9.30 Å². The third-order valence-corrected chi connectivity index (χ3v) is 5.46. The second-order valence-electron chi connectivity index (χ2n) is 5.73. The van der Waals surface area contributed by atoms with Gasteiger partial charge in [0.1, 0.15) is 11.4 Å². The summed E-state index contributed by atoms with van der Waals surface area (Å²) in [4.78, 5) is 42.7. The van der Waals surface area contributed by atoms with Gasteiger partial charge in [-0.15, -0.1) is 11.3 Å². The van der Waals surface area contributed by atoms with E-state index >= 15 is 0 Å². The van der Waals surface area contributed by atoms with Gasteiger partial charge >= 0.3 is 5.97 Å². The Balaban J connectivity index is 1.95. The van der Waals surface area contributed by atoms with Crippen molar-refractivity contribution in [2.24, 2.45) is 0 Å². The van der Waals surface area contributed by atoms with Crippen molar-refractivity contribution < 1.29 is 19.1 Å². The molecule has 8 heteroatoms. The van der Waals surface area contributed by atoms with Crippen LogP contribution in [-0.2, 0) is 11.3 Å². The maximum Gasteiger partial charge on any atom is 0.354 e. The summed E-state index contributed by atoms with van der Waals surface area (Å²) in [6.07, 6.45) is 0. The van der Waals surface area contributed by atoms with E-state index in [2.05, 4.69) is 20.9 Å². The lowest BCUT2D eigenvalue weighted by Crippen LogP contribution is -2.24. The summed E-state index contributed by atoms with van der Waals surface area (Å²) in [5.74, 6) is -1.08. The average molecular weight is 433 g/mol. The number of esters is 1. The zero-order valence-corrected chi connectivity index (χ0v) is 16.1. The van der Waals surface area contributed by atoms with Crippen molar-refractivity contribution in [3.8, 4) is 0 Å². The summed E-state index contributed by atoms with van der Waals surface area (Å²) in [5, 5.41) is 0.530. The van der Waals surface area contributed by atoms with Gasteiger partial charge in [0.2, 0.25) is 5.78 Å². The summed E-state index contributed by atoms with van der Waals surface area (Å²) >= 11 is 4.75. The molecule has 0 unspecified atom stereocenters. The number of fused-ring (bicyclic) bond motifs is 3. The fraction of sp³-hybridized carbons (Fsp3) is 0.222. The molecule has 0 saturated heterocycles. The van der Waals surface area contributed by atoms with Gasteiger partial charge in [-0.2, -0.15) is 0 Å². The molecule has 1 aliphatic rings. The number of carbonyl (C=O) groups is 3. The summed E-state index contributed by atoms with van der Waals surface area (Å²) in [7, 11) is 0. The molecule has 0 radical (unpaired) electrons. The van der Waals surface area contributed by atoms with Crippen LogP contribution < -0.4 is 0 Å². The van der Waals surface area contributed by atoms with Gasteiger partial charge in [-0.05, 0) is 25.1 Å². The molecular weight excluding hydrogens is 420 g/mol. The van der Waals surface area contributed by atoms with Crippen molar-refractivity contribution in [2.75, 3.05) is 11.9 Å². The van der Waals surface area contributed by atoms with Gasteiger partial charge in [0.05, 0.1) is 27.9 Å². The molecule has 6 nitrogen and oxygen atoms in total. The molecule has 0 N–H and O–H groups in total. The Hall–Kier alpha value is -2.32. The first kappa shape index (κ1) is 17.1. The lowest BCUT2D eigenvalue weighted by molar-refractivity contribution is 0.0514. The summed E-state index contributed by atoms with van der Waals surface area (Å²) < 4.78 is 7.50. The van der Waals surface area contributed by atoms with Gasteiger partial charge in [0.15, 0.2) is 5.78 Å². The molecule has 0 fully saturated rings. The highest BCUT2D eigenvalue weighted by Gasteiger charge is 2.36. The Morgan fingerprint density at radius 1 is 1.19 bits per heavy atom. The third-order valence-electron chi connectivity index (χ3n) is 4.31. The van der Waals surface area contributed by atoms with Crippen molar-refractivity contribution in [3.05, 3.63) is 51.8 Å². The molecule has 26 heavy (non-hydrogen) atoms. The number of hydrogen-bond acceptors (Lipinski definition) is 6. The van der Waals surface area contributed by atoms with Crippen LogP contribution >= 0.6 is 27.3 Å². The Labute approximate surface area is 160 Å². The van der Waals surface area contributed by atoms with Gasteiger partial charge in [-0.3, -0.25) is 9.59 Å². The quantitative estimate of drug-likeness (QED) is 0.364. The Kier molecular flexibility index (Phi) is 4.24. The highest BCUT2D eigenvalue weighted by molar-refractivity contribution is 9.09. The minimum absolute atomic E-state index is 0.214. The van der Waals surface area contributed by atoms with Crippen LogP contribution in [0.3, 0.4) is 0 Å². The van der Waals surface area contributed by atoms with Crippen LogP contribution in [0, 0.1) is 0 Å². The number of benzene rings is 1. The zero-order valence-electron chi connectivity index (χ0n) is 13.7. The second kappa shape index (κ2) is 6.44. The van der Waals surface area contributed by atoms with Gasteiger partial charge in [-0.1, -0.05) is 15.9 Å². The van der Waals surface area contributed by atoms with Crippen molar-refractivity contribution in [1.29, 1.82) is 0 Å². The van der Waals surface area contributed by atoms with E-state index in [0.29, 0.717) is 28.5 Å². The number of carbonyl (C=O) groups excluding carboxylic acids is 3. The maximum absolute atomic E-state index is 13.2. The van der Waals surface area contributed by atoms with E-state index < -0.39 is 5.97 Å². The van der Waals surface area contributed by atoms with E-state index in [1.807, 2.05) is 0 Å².